The SMILES string of the molecule is CC.Cc1c2c(nc3ccc4ccc(-c5ccc(COCNC(=O)CN)cc5)cc4c13)-c1cc3c(c(=O)n1C2)COC(=O)C3O. The number of aliphatic hydroxyl groups is 1. The highest BCUT2D eigenvalue weighted by Gasteiger charge is 2.34. The van der Waals surface area contributed by atoms with Crippen molar-refractivity contribution in [3.8, 4) is 22.5 Å². The summed E-state index contributed by atoms with van der Waals surface area (Å²) in [7, 11) is 0. The van der Waals surface area contributed by atoms with Crippen LogP contribution in [-0.4, -0.2) is 39.8 Å². The van der Waals surface area contributed by atoms with E-state index in [9.17, 15) is 19.5 Å². The fourth-order valence-corrected chi connectivity index (χ4v) is 6.02. The number of nitrogens with one attached hydrogen (secondary N) is 1. The first kappa shape index (κ1) is 30.1. The van der Waals surface area contributed by atoms with Gasteiger partial charge in [0, 0.05) is 16.5 Å². The molecule has 0 radical (unpaired) electrons. The molecule has 10 nitrogen and oxygen atoms in total. The van der Waals surface area contributed by atoms with Gasteiger partial charge >= 0.3 is 5.97 Å². The molecule has 0 spiro atoms. The summed E-state index contributed by atoms with van der Waals surface area (Å²) in [5, 5.41) is 16.2. The van der Waals surface area contributed by atoms with Crippen molar-refractivity contribution in [3.05, 3.63) is 98.8 Å². The molecule has 7 rings (SSSR count). The number of aryl methyl sites for hydroxylation is 1. The predicted octanol–water partition coefficient (Wildman–Crippen LogP) is 4.22. The van der Waals surface area contributed by atoms with E-state index in [1.165, 1.54) is 0 Å². The number of benzene rings is 3. The molecule has 0 bridgehead atoms. The predicted molar refractivity (Wildman–Crippen MR) is 171 cm³/mol. The van der Waals surface area contributed by atoms with E-state index in [1.54, 1.807) is 10.6 Å². The summed E-state index contributed by atoms with van der Waals surface area (Å²) >= 11 is 0. The number of pyridine rings is 2. The number of carbonyl (C=O) groups is 2. The fraction of sp³-hybridized carbons (Fsp3) is 0.257. The highest BCUT2D eigenvalue weighted by atomic mass is 16.5. The van der Waals surface area contributed by atoms with Crippen LogP contribution >= 0.6 is 0 Å². The maximum atomic E-state index is 13.4. The third kappa shape index (κ3) is 5.27. The molecule has 2 aromatic heterocycles. The minimum atomic E-state index is -1.49. The van der Waals surface area contributed by atoms with Gasteiger partial charge in [-0.25, -0.2) is 9.78 Å². The molecule has 2 aliphatic heterocycles. The number of cyclic esters (lactones) is 1. The van der Waals surface area contributed by atoms with Crippen LogP contribution in [0.3, 0.4) is 0 Å². The van der Waals surface area contributed by atoms with Gasteiger partial charge in [-0.1, -0.05) is 56.3 Å². The number of esters is 1. The normalized spacial score (nSPS) is 14.7. The van der Waals surface area contributed by atoms with Crippen molar-refractivity contribution in [1.82, 2.24) is 14.9 Å². The van der Waals surface area contributed by atoms with Crippen LogP contribution in [0.4, 0.5) is 0 Å². The van der Waals surface area contributed by atoms with E-state index in [4.69, 9.17) is 20.2 Å². The van der Waals surface area contributed by atoms with Crippen molar-refractivity contribution in [3.63, 3.8) is 0 Å². The molecule has 5 aromatic rings. The molecule has 4 heterocycles. The zero-order valence-corrected chi connectivity index (χ0v) is 25.3. The Morgan fingerprint density at radius 3 is 2.56 bits per heavy atom. The maximum absolute atomic E-state index is 13.4. The molecular formula is C35H34N4O6. The molecule has 230 valence electrons. The Labute approximate surface area is 259 Å². The third-order valence-electron chi connectivity index (χ3n) is 8.33. The van der Waals surface area contributed by atoms with Gasteiger partial charge in [0.2, 0.25) is 5.91 Å². The van der Waals surface area contributed by atoms with E-state index in [-0.39, 0.29) is 31.3 Å². The second-order valence-electron chi connectivity index (χ2n) is 10.8. The van der Waals surface area contributed by atoms with E-state index < -0.39 is 12.1 Å². The van der Waals surface area contributed by atoms with Crippen LogP contribution in [0.15, 0.2) is 65.5 Å². The Balaban J connectivity index is 0.00000175. The fourth-order valence-electron chi connectivity index (χ4n) is 6.02. The van der Waals surface area contributed by atoms with Crippen LogP contribution < -0.4 is 16.6 Å². The van der Waals surface area contributed by atoms with E-state index in [0.29, 0.717) is 35.7 Å². The Kier molecular flexibility index (Phi) is 8.20. The number of hydrogen-bond donors (Lipinski definition) is 3. The monoisotopic (exact) mass is 606 g/mol. The number of rotatable bonds is 6. The summed E-state index contributed by atoms with van der Waals surface area (Å²) < 4.78 is 12.2. The third-order valence-corrected chi connectivity index (χ3v) is 8.33. The number of hydrogen-bond acceptors (Lipinski definition) is 8. The first-order valence-electron chi connectivity index (χ1n) is 15.0. The zero-order valence-electron chi connectivity index (χ0n) is 25.3. The average molecular weight is 607 g/mol. The van der Waals surface area contributed by atoms with Gasteiger partial charge in [-0.05, 0) is 58.1 Å². The molecule has 0 saturated carbocycles. The molecule has 0 fully saturated rings. The molecule has 0 saturated heterocycles. The molecule has 0 aliphatic carbocycles. The van der Waals surface area contributed by atoms with Crippen LogP contribution in [0, 0.1) is 6.92 Å². The second kappa shape index (κ2) is 12.2. The maximum Gasteiger partial charge on any atom is 0.340 e. The molecule has 1 unspecified atom stereocenters. The lowest BCUT2D eigenvalue weighted by molar-refractivity contribution is -0.157. The van der Waals surface area contributed by atoms with Gasteiger partial charge in [0.05, 0.1) is 42.2 Å². The Morgan fingerprint density at radius 1 is 1.07 bits per heavy atom. The lowest BCUT2D eigenvalue weighted by Gasteiger charge is -2.21. The van der Waals surface area contributed by atoms with Crippen molar-refractivity contribution >= 4 is 33.6 Å². The van der Waals surface area contributed by atoms with Crippen molar-refractivity contribution in [2.75, 3.05) is 13.3 Å². The van der Waals surface area contributed by atoms with Gasteiger partial charge in [0.25, 0.3) is 5.56 Å². The van der Waals surface area contributed by atoms with E-state index in [2.05, 4.69) is 30.4 Å². The highest BCUT2D eigenvalue weighted by molar-refractivity contribution is 6.10. The molecule has 3 aromatic carbocycles. The summed E-state index contributed by atoms with van der Waals surface area (Å²) in [6.45, 7) is 6.65. The van der Waals surface area contributed by atoms with Gasteiger partial charge < -0.3 is 30.2 Å². The standard InChI is InChI=1S/C33H28N4O6.C2H6/c1-17-24-13-37-27(11-23-25(32(37)40)15-43-33(41)31(23)39)30(24)36-26-9-8-20-6-7-21(10-22(20)29(17)26)19-4-2-18(3-5-19)14-42-16-35-28(38)12-34;1-2/h2-11,31,39H,12-16,34H2,1H3,(H,35,38);1-2H3. The highest BCUT2D eigenvalue weighted by Crippen LogP contribution is 2.40. The summed E-state index contributed by atoms with van der Waals surface area (Å²) in [5.74, 6) is -1.02. The van der Waals surface area contributed by atoms with E-state index in [1.807, 2.05) is 50.2 Å². The molecule has 4 N–H and O–H groups in total. The van der Waals surface area contributed by atoms with E-state index >= 15 is 0 Å². The van der Waals surface area contributed by atoms with Crippen molar-refractivity contribution in [1.29, 1.82) is 0 Å². The number of aromatic nitrogens is 2. The molecule has 1 amide bonds. The van der Waals surface area contributed by atoms with Gasteiger partial charge in [0.15, 0.2) is 6.10 Å². The first-order valence-corrected chi connectivity index (χ1v) is 15.0. The number of ether oxygens (including phenoxy) is 2. The zero-order chi connectivity index (χ0) is 31.8. The largest absolute Gasteiger partial charge is 0.458 e. The summed E-state index contributed by atoms with van der Waals surface area (Å²) in [4.78, 5) is 41.6. The van der Waals surface area contributed by atoms with Crippen molar-refractivity contribution in [2.24, 2.45) is 5.73 Å². The van der Waals surface area contributed by atoms with Crippen LogP contribution in [-0.2, 0) is 38.8 Å². The average Bonchev–Trinajstić information content (AvgIpc) is 3.45. The Hall–Kier alpha value is -4.90. The quantitative estimate of drug-likeness (QED) is 0.111. The molecule has 1 atom stereocenters. The summed E-state index contributed by atoms with van der Waals surface area (Å²) in [5.41, 5.74) is 12.7. The molecule has 10 heteroatoms. The number of amides is 1. The number of fused-ring (bicyclic) bond motifs is 7. The van der Waals surface area contributed by atoms with Gasteiger partial charge in [-0.3, -0.25) is 9.59 Å². The Bertz CT molecular complexity index is 2030. The van der Waals surface area contributed by atoms with Crippen LogP contribution in [0.5, 0.6) is 0 Å². The van der Waals surface area contributed by atoms with Crippen molar-refractivity contribution in [2.45, 2.75) is 46.6 Å². The van der Waals surface area contributed by atoms with Crippen LogP contribution in [0.1, 0.15) is 47.8 Å². The molecule has 45 heavy (non-hydrogen) atoms. The Morgan fingerprint density at radius 2 is 1.80 bits per heavy atom. The number of nitrogens with zero attached hydrogens (tertiary/aromatic N) is 2. The lowest BCUT2D eigenvalue weighted by atomic mass is 9.94. The van der Waals surface area contributed by atoms with Gasteiger partial charge in [0.1, 0.15) is 13.3 Å². The van der Waals surface area contributed by atoms with Gasteiger partial charge in [-0.15, -0.1) is 0 Å². The number of nitrogens with two attached hydrogens (primary N) is 1. The number of aliphatic hydroxyl groups excluding tert-OH is 1. The second-order valence-corrected chi connectivity index (χ2v) is 10.8. The van der Waals surface area contributed by atoms with Crippen LogP contribution in [0.2, 0.25) is 0 Å². The van der Waals surface area contributed by atoms with Crippen molar-refractivity contribution < 1.29 is 24.2 Å². The minimum absolute atomic E-state index is 0.0729. The first-order chi connectivity index (χ1) is 21.8. The number of carbonyl (C=O) groups excluding carboxylic acids is 2. The van der Waals surface area contributed by atoms with E-state index in [0.717, 1.165) is 49.5 Å². The molecule has 2 aliphatic rings. The van der Waals surface area contributed by atoms with Crippen LogP contribution in [0.25, 0.3) is 44.2 Å². The summed E-state index contributed by atoms with van der Waals surface area (Å²) in [6.07, 6.45) is -1.49. The molecular weight excluding hydrogens is 572 g/mol. The topological polar surface area (TPSA) is 146 Å². The lowest BCUT2D eigenvalue weighted by Crippen LogP contribution is -2.32. The smallest absolute Gasteiger partial charge is 0.340 e. The van der Waals surface area contributed by atoms with Gasteiger partial charge in [-0.2, -0.15) is 0 Å². The minimum Gasteiger partial charge on any atom is -0.458 e. The summed E-state index contributed by atoms with van der Waals surface area (Å²) in [6, 6.07) is 20.2.